The SMILES string of the molecule is C=C(C)C=C(C)C.CC=CC=CCC.[Ru]. The topological polar surface area (TPSA) is 0 Å². The van der Waals surface area contributed by atoms with Crippen LogP contribution in [0.1, 0.15) is 41.0 Å². The summed E-state index contributed by atoms with van der Waals surface area (Å²) in [6, 6.07) is 0. The predicted octanol–water partition coefficient (Wildman–Crippen LogP) is 5.05. The Kier molecular flexibility index (Phi) is 21.4. The van der Waals surface area contributed by atoms with E-state index in [2.05, 4.69) is 45.6 Å². The molecule has 88 valence electrons. The third-order valence-electron chi connectivity index (χ3n) is 1.21. The molecule has 0 N–H and O–H groups in total. The zero-order valence-electron chi connectivity index (χ0n) is 10.7. The van der Waals surface area contributed by atoms with Crippen LogP contribution < -0.4 is 0 Å². The van der Waals surface area contributed by atoms with Crippen LogP contribution in [-0.4, -0.2) is 0 Å². The van der Waals surface area contributed by atoms with Gasteiger partial charge in [0.05, 0.1) is 0 Å². The van der Waals surface area contributed by atoms with Crippen molar-refractivity contribution in [2.24, 2.45) is 0 Å². The summed E-state index contributed by atoms with van der Waals surface area (Å²) in [6.45, 7) is 14.0. The average molecular weight is 293 g/mol. The minimum Gasteiger partial charge on any atom is -0.0961 e. The van der Waals surface area contributed by atoms with Gasteiger partial charge in [-0.05, 0) is 34.1 Å². The maximum atomic E-state index is 3.72. The molecule has 0 aromatic heterocycles. The molecule has 0 radical (unpaired) electrons. The average Bonchev–Trinajstić information content (AvgIpc) is 2.04. The molecule has 0 nitrogen and oxygen atoms in total. The Morgan fingerprint density at radius 3 is 1.87 bits per heavy atom. The maximum Gasteiger partial charge on any atom is 0 e. The zero-order chi connectivity index (χ0) is 11.4. The quantitative estimate of drug-likeness (QED) is 0.504. The van der Waals surface area contributed by atoms with E-state index in [0.29, 0.717) is 0 Å². The second-order valence-electron chi connectivity index (χ2n) is 3.43. The van der Waals surface area contributed by atoms with Gasteiger partial charge in [-0.3, -0.25) is 0 Å². The second kappa shape index (κ2) is 16.0. The molecule has 0 unspecified atom stereocenters. The molecule has 0 aromatic rings. The maximum absolute atomic E-state index is 3.72. The second-order valence-corrected chi connectivity index (χ2v) is 3.43. The molecule has 0 heterocycles. The van der Waals surface area contributed by atoms with E-state index < -0.39 is 0 Å². The van der Waals surface area contributed by atoms with Gasteiger partial charge in [-0.15, -0.1) is 0 Å². The van der Waals surface area contributed by atoms with Gasteiger partial charge in [-0.25, -0.2) is 0 Å². The molecule has 0 fully saturated rings. The summed E-state index contributed by atoms with van der Waals surface area (Å²) in [5, 5.41) is 0. The first kappa shape index (κ1) is 20.1. The number of hydrogen-bond acceptors (Lipinski definition) is 0. The van der Waals surface area contributed by atoms with Crippen molar-refractivity contribution in [2.75, 3.05) is 0 Å². The first-order valence-electron chi connectivity index (χ1n) is 5.12. The molecule has 0 aliphatic rings. The van der Waals surface area contributed by atoms with Crippen LogP contribution in [0.25, 0.3) is 0 Å². The third-order valence-corrected chi connectivity index (χ3v) is 1.21. The monoisotopic (exact) mass is 294 g/mol. The largest absolute Gasteiger partial charge is 0.0961 e. The van der Waals surface area contributed by atoms with Gasteiger partial charge in [0.15, 0.2) is 0 Å². The fourth-order valence-electron chi connectivity index (χ4n) is 0.819. The zero-order valence-corrected chi connectivity index (χ0v) is 12.4. The molecule has 0 aliphatic heterocycles. The van der Waals surface area contributed by atoms with E-state index in [9.17, 15) is 0 Å². The fourth-order valence-corrected chi connectivity index (χ4v) is 0.819. The van der Waals surface area contributed by atoms with Crippen LogP contribution in [0, 0.1) is 0 Å². The van der Waals surface area contributed by atoms with E-state index >= 15 is 0 Å². The van der Waals surface area contributed by atoms with Crippen LogP contribution in [0.2, 0.25) is 0 Å². The van der Waals surface area contributed by atoms with Gasteiger partial charge >= 0.3 is 0 Å². The summed E-state index contributed by atoms with van der Waals surface area (Å²) in [5.41, 5.74) is 2.44. The van der Waals surface area contributed by atoms with Crippen LogP contribution in [-0.2, 0) is 19.5 Å². The first-order chi connectivity index (χ1) is 6.54. The summed E-state index contributed by atoms with van der Waals surface area (Å²) < 4.78 is 0. The molecular formula is C14H24Ru. The summed E-state index contributed by atoms with van der Waals surface area (Å²) in [5.74, 6) is 0. The molecule has 1 heteroatoms. The van der Waals surface area contributed by atoms with Gasteiger partial charge in [-0.2, -0.15) is 0 Å². The van der Waals surface area contributed by atoms with Crippen LogP contribution >= 0.6 is 0 Å². The van der Waals surface area contributed by atoms with Crippen molar-refractivity contribution in [1.29, 1.82) is 0 Å². The minimum atomic E-state index is 0. The van der Waals surface area contributed by atoms with Gasteiger partial charge in [0.1, 0.15) is 0 Å². The Bertz CT molecular complexity index is 215. The molecule has 0 saturated heterocycles. The van der Waals surface area contributed by atoms with Crippen LogP contribution in [0.4, 0.5) is 0 Å². The van der Waals surface area contributed by atoms with Crippen molar-refractivity contribution in [3.63, 3.8) is 0 Å². The minimum absolute atomic E-state index is 0. The molecule has 0 bridgehead atoms. The van der Waals surface area contributed by atoms with Gasteiger partial charge in [-0.1, -0.05) is 55.0 Å². The van der Waals surface area contributed by atoms with Crippen LogP contribution in [0.15, 0.2) is 48.1 Å². The Morgan fingerprint density at radius 2 is 1.67 bits per heavy atom. The summed E-state index contributed by atoms with van der Waals surface area (Å²) >= 11 is 0. The normalized spacial score (nSPS) is 9.13. The van der Waals surface area contributed by atoms with E-state index in [1.807, 2.05) is 26.0 Å². The predicted molar refractivity (Wildman–Crippen MR) is 68.5 cm³/mol. The van der Waals surface area contributed by atoms with Crippen molar-refractivity contribution in [3.8, 4) is 0 Å². The van der Waals surface area contributed by atoms with Crippen molar-refractivity contribution < 1.29 is 19.5 Å². The van der Waals surface area contributed by atoms with Gasteiger partial charge in [0, 0.05) is 19.5 Å². The van der Waals surface area contributed by atoms with E-state index in [1.165, 1.54) is 5.57 Å². The molecule has 0 rings (SSSR count). The summed E-state index contributed by atoms with van der Waals surface area (Å²) in [6.07, 6.45) is 11.4. The van der Waals surface area contributed by atoms with Gasteiger partial charge < -0.3 is 0 Å². The molecule has 0 spiro atoms. The van der Waals surface area contributed by atoms with E-state index in [0.717, 1.165) is 12.0 Å². The summed E-state index contributed by atoms with van der Waals surface area (Å²) in [7, 11) is 0. The Hall–Kier alpha value is -0.417. The van der Waals surface area contributed by atoms with Crippen molar-refractivity contribution >= 4 is 0 Å². The van der Waals surface area contributed by atoms with E-state index in [4.69, 9.17) is 0 Å². The van der Waals surface area contributed by atoms with Gasteiger partial charge in [0.2, 0.25) is 0 Å². The smallest absolute Gasteiger partial charge is 0 e. The third kappa shape index (κ3) is 31.7. The Morgan fingerprint density at radius 1 is 1.13 bits per heavy atom. The van der Waals surface area contributed by atoms with Gasteiger partial charge in [0.25, 0.3) is 0 Å². The molecule has 15 heavy (non-hydrogen) atoms. The Labute approximate surface area is 109 Å². The fraction of sp³-hybridized carbons (Fsp3) is 0.429. The number of rotatable bonds is 3. The van der Waals surface area contributed by atoms with Crippen molar-refractivity contribution in [3.05, 3.63) is 48.1 Å². The van der Waals surface area contributed by atoms with Crippen molar-refractivity contribution in [2.45, 2.75) is 41.0 Å². The van der Waals surface area contributed by atoms with Crippen LogP contribution in [0.3, 0.4) is 0 Å². The first-order valence-corrected chi connectivity index (χ1v) is 5.12. The van der Waals surface area contributed by atoms with E-state index in [1.54, 1.807) is 0 Å². The molecule has 0 aliphatic carbocycles. The molecule has 0 atom stereocenters. The molecule has 0 amide bonds. The van der Waals surface area contributed by atoms with Crippen LogP contribution in [0.5, 0.6) is 0 Å². The van der Waals surface area contributed by atoms with E-state index in [-0.39, 0.29) is 19.5 Å². The molecular weight excluding hydrogens is 269 g/mol. The number of allylic oxidation sites excluding steroid dienone is 7. The number of hydrogen-bond donors (Lipinski definition) is 0. The standard InChI is InChI=1S/2C7H12.Ru/c1-6(2)5-7(3)4;1-3-5-7-6-4-2;/h5H,1H2,2-4H3;3,5-7H,4H2,1-2H3;. The Balaban J connectivity index is -0.000000180. The summed E-state index contributed by atoms with van der Waals surface area (Å²) in [4.78, 5) is 0. The molecule has 0 saturated carbocycles. The molecule has 0 aromatic carbocycles. The van der Waals surface area contributed by atoms with Crippen molar-refractivity contribution in [1.82, 2.24) is 0 Å².